The second kappa shape index (κ2) is 7.50. The van der Waals surface area contributed by atoms with E-state index >= 15 is 0 Å². The maximum atomic E-state index is 6.29. The number of rotatable bonds is 4. The van der Waals surface area contributed by atoms with Gasteiger partial charge >= 0.3 is 0 Å². The quantitative estimate of drug-likeness (QED) is 0.478. The number of nitrogens with two attached hydrogens (primary N) is 1. The highest BCUT2D eigenvalue weighted by Crippen LogP contribution is 2.44. The molecule has 2 aliphatic rings. The fourth-order valence-electron chi connectivity index (χ4n) is 4.60. The zero-order valence-corrected chi connectivity index (χ0v) is 17.7. The van der Waals surface area contributed by atoms with Crippen molar-refractivity contribution >= 4 is 17.0 Å². The van der Waals surface area contributed by atoms with Crippen LogP contribution in [0.25, 0.3) is 22.5 Å². The molecule has 0 saturated carbocycles. The van der Waals surface area contributed by atoms with Crippen LogP contribution in [0.15, 0.2) is 72.9 Å². The average Bonchev–Trinajstić information content (AvgIpc) is 3.20. The minimum Gasteiger partial charge on any atom is -0.457 e. The summed E-state index contributed by atoms with van der Waals surface area (Å²) in [7, 11) is 0. The molecule has 6 heteroatoms. The third-order valence-electron chi connectivity index (χ3n) is 6.50. The summed E-state index contributed by atoms with van der Waals surface area (Å²) in [6.07, 6.45) is 7.27. The number of allylic oxidation sites excluding steroid dienone is 2. The van der Waals surface area contributed by atoms with E-state index in [1.165, 1.54) is 5.57 Å². The molecule has 1 saturated heterocycles. The largest absolute Gasteiger partial charge is 0.457 e. The molecular formula is C26H24N4O2. The van der Waals surface area contributed by atoms with Crippen molar-refractivity contribution in [2.75, 3.05) is 18.9 Å². The van der Waals surface area contributed by atoms with Crippen LogP contribution in [0.5, 0.6) is 11.5 Å². The Bertz CT molecular complexity index is 1310. The van der Waals surface area contributed by atoms with E-state index in [-0.39, 0.29) is 0 Å². The van der Waals surface area contributed by atoms with Crippen molar-refractivity contribution in [3.63, 3.8) is 0 Å². The molecule has 1 aliphatic carbocycles. The molecule has 0 bridgehead atoms. The summed E-state index contributed by atoms with van der Waals surface area (Å²) >= 11 is 0. The summed E-state index contributed by atoms with van der Waals surface area (Å²) in [5.41, 5.74) is 10.9. The standard InChI is InChI=1S/C26H24N4O2/c27-25-28-15-12-22-23(18-10-13-26(14-11-18)16-31-17-26)29-24(30(22)25)19-6-8-21(9-7-19)32-20-4-2-1-3-5-20/h1-10,12,15H,11,13-14,16-17H2,(H2,27,28). The Hall–Kier alpha value is -3.64. The number of aromatic nitrogens is 3. The number of benzene rings is 2. The van der Waals surface area contributed by atoms with Crippen molar-refractivity contribution in [3.05, 3.63) is 78.6 Å². The van der Waals surface area contributed by atoms with Crippen LogP contribution in [0.3, 0.4) is 0 Å². The molecule has 6 nitrogen and oxygen atoms in total. The van der Waals surface area contributed by atoms with Crippen LogP contribution in [-0.4, -0.2) is 27.6 Å². The van der Waals surface area contributed by atoms with Crippen molar-refractivity contribution in [1.29, 1.82) is 0 Å². The fourth-order valence-corrected chi connectivity index (χ4v) is 4.60. The van der Waals surface area contributed by atoms with Crippen molar-refractivity contribution in [2.45, 2.75) is 19.3 Å². The molecule has 2 aromatic carbocycles. The number of hydrogen-bond acceptors (Lipinski definition) is 5. The minimum absolute atomic E-state index is 0.344. The van der Waals surface area contributed by atoms with Gasteiger partial charge in [-0.15, -0.1) is 0 Å². The molecule has 0 amide bonds. The smallest absolute Gasteiger partial charge is 0.206 e. The summed E-state index contributed by atoms with van der Waals surface area (Å²) in [6, 6.07) is 19.7. The molecule has 1 aliphatic heterocycles. The Labute approximate surface area is 186 Å². The number of hydrogen-bond donors (Lipinski definition) is 1. The van der Waals surface area contributed by atoms with E-state index in [9.17, 15) is 0 Å². The lowest BCUT2D eigenvalue weighted by atomic mass is 9.73. The molecule has 2 N–H and O–H groups in total. The second-order valence-corrected chi connectivity index (χ2v) is 8.67. The van der Waals surface area contributed by atoms with Gasteiger partial charge in [0.05, 0.1) is 24.4 Å². The zero-order chi connectivity index (χ0) is 21.5. The molecule has 32 heavy (non-hydrogen) atoms. The van der Waals surface area contributed by atoms with E-state index in [1.807, 2.05) is 65.1 Å². The molecular weight excluding hydrogens is 400 g/mol. The van der Waals surface area contributed by atoms with E-state index < -0.39 is 0 Å². The maximum Gasteiger partial charge on any atom is 0.206 e. The number of ether oxygens (including phenoxy) is 2. The second-order valence-electron chi connectivity index (χ2n) is 8.67. The number of para-hydroxylation sites is 1. The highest BCUT2D eigenvalue weighted by Gasteiger charge is 2.39. The summed E-state index contributed by atoms with van der Waals surface area (Å²) in [4.78, 5) is 9.36. The topological polar surface area (TPSA) is 74.7 Å². The van der Waals surface area contributed by atoms with Crippen molar-refractivity contribution in [2.24, 2.45) is 5.41 Å². The molecule has 0 atom stereocenters. The SMILES string of the molecule is Nc1nccc2c(C3=CCC4(CC3)COC4)nc(-c3ccc(Oc4ccccc4)cc3)n12. The van der Waals surface area contributed by atoms with Gasteiger partial charge in [-0.05, 0) is 67.3 Å². The highest BCUT2D eigenvalue weighted by atomic mass is 16.5. The molecule has 4 aromatic rings. The summed E-state index contributed by atoms with van der Waals surface area (Å²) in [5.74, 6) is 2.80. The first-order chi connectivity index (χ1) is 15.7. The Balaban J connectivity index is 1.37. The number of fused-ring (bicyclic) bond motifs is 1. The van der Waals surface area contributed by atoms with Gasteiger partial charge in [-0.3, -0.25) is 4.40 Å². The molecule has 160 valence electrons. The van der Waals surface area contributed by atoms with Gasteiger partial charge in [-0.1, -0.05) is 24.3 Å². The first kappa shape index (κ1) is 19.1. The number of imidazole rings is 1. The first-order valence-electron chi connectivity index (χ1n) is 10.9. The van der Waals surface area contributed by atoms with Crippen molar-refractivity contribution in [3.8, 4) is 22.9 Å². The van der Waals surface area contributed by atoms with E-state index in [0.29, 0.717) is 11.4 Å². The van der Waals surface area contributed by atoms with E-state index in [1.54, 1.807) is 6.20 Å². The lowest BCUT2D eigenvalue weighted by Gasteiger charge is -2.43. The Morgan fingerprint density at radius 2 is 1.75 bits per heavy atom. The third-order valence-corrected chi connectivity index (χ3v) is 6.50. The normalized spacial score (nSPS) is 17.2. The lowest BCUT2D eigenvalue weighted by Crippen LogP contribution is -2.43. The number of nitrogens with zero attached hydrogens (tertiary/aromatic N) is 3. The van der Waals surface area contributed by atoms with Gasteiger partial charge < -0.3 is 15.2 Å². The fraction of sp³-hybridized carbons (Fsp3) is 0.231. The number of nitrogen functional groups attached to an aromatic ring is 1. The molecule has 1 fully saturated rings. The van der Waals surface area contributed by atoms with Crippen LogP contribution in [-0.2, 0) is 4.74 Å². The third kappa shape index (κ3) is 3.24. The Kier molecular flexibility index (Phi) is 4.47. The molecule has 0 unspecified atom stereocenters. The molecule has 1 spiro atoms. The summed E-state index contributed by atoms with van der Waals surface area (Å²) in [5, 5.41) is 0. The van der Waals surface area contributed by atoms with Crippen LogP contribution in [0, 0.1) is 5.41 Å². The van der Waals surface area contributed by atoms with Gasteiger partial charge in [0.1, 0.15) is 17.3 Å². The average molecular weight is 425 g/mol. The Morgan fingerprint density at radius 3 is 2.44 bits per heavy atom. The molecule has 6 rings (SSSR count). The maximum absolute atomic E-state index is 6.29. The van der Waals surface area contributed by atoms with Crippen LogP contribution in [0.4, 0.5) is 5.95 Å². The van der Waals surface area contributed by atoms with E-state index in [0.717, 1.165) is 66.6 Å². The van der Waals surface area contributed by atoms with Gasteiger partial charge in [-0.25, -0.2) is 9.97 Å². The highest BCUT2D eigenvalue weighted by molar-refractivity contribution is 5.81. The van der Waals surface area contributed by atoms with E-state index in [4.69, 9.17) is 20.2 Å². The van der Waals surface area contributed by atoms with Crippen LogP contribution < -0.4 is 10.5 Å². The minimum atomic E-state index is 0.344. The van der Waals surface area contributed by atoms with E-state index in [2.05, 4.69) is 11.1 Å². The Morgan fingerprint density at radius 1 is 0.969 bits per heavy atom. The molecule has 2 aromatic heterocycles. The van der Waals surface area contributed by atoms with Gasteiger partial charge in [-0.2, -0.15) is 0 Å². The zero-order valence-electron chi connectivity index (χ0n) is 17.7. The van der Waals surface area contributed by atoms with Crippen LogP contribution in [0.2, 0.25) is 0 Å². The molecule has 3 heterocycles. The van der Waals surface area contributed by atoms with Gasteiger partial charge in [0.2, 0.25) is 5.95 Å². The van der Waals surface area contributed by atoms with Gasteiger partial charge in [0.15, 0.2) is 0 Å². The van der Waals surface area contributed by atoms with Gasteiger partial charge in [0.25, 0.3) is 0 Å². The first-order valence-corrected chi connectivity index (χ1v) is 10.9. The predicted octanol–water partition coefficient (Wildman–Crippen LogP) is 5.35. The van der Waals surface area contributed by atoms with Crippen molar-refractivity contribution in [1.82, 2.24) is 14.4 Å². The summed E-state index contributed by atoms with van der Waals surface area (Å²) < 4.78 is 13.3. The molecule has 0 radical (unpaired) electrons. The summed E-state index contributed by atoms with van der Waals surface area (Å²) in [6.45, 7) is 1.75. The van der Waals surface area contributed by atoms with Crippen LogP contribution >= 0.6 is 0 Å². The monoisotopic (exact) mass is 424 g/mol. The van der Waals surface area contributed by atoms with Crippen LogP contribution in [0.1, 0.15) is 25.0 Å². The van der Waals surface area contributed by atoms with Gasteiger partial charge in [0, 0.05) is 17.2 Å². The number of anilines is 1. The predicted molar refractivity (Wildman–Crippen MR) is 124 cm³/mol. The lowest BCUT2D eigenvalue weighted by molar-refractivity contribution is -0.116. The van der Waals surface area contributed by atoms with Crippen molar-refractivity contribution < 1.29 is 9.47 Å².